The molecule has 2 aromatic heterocycles. The lowest BCUT2D eigenvalue weighted by atomic mass is 10.1. The van der Waals surface area contributed by atoms with E-state index in [2.05, 4.69) is 22.3 Å². The summed E-state index contributed by atoms with van der Waals surface area (Å²) in [5, 5.41) is 3.92. The Morgan fingerprint density at radius 2 is 2.04 bits per heavy atom. The van der Waals surface area contributed by atoms with Gasteiger partial charge in [-0.05, 0) is 19.4 Å². The van der Waals surface area contributed by atoms with Crippen LogP contribution in [0.1, 0.15) is 39.9 Å². The standard InChI is InChI=1S/C20H21N3O3/c1-13-16(14(2)26-22-13)11-20(24)23-9-8-18-17(12-23)21-19(25-18)10-15-6-4-3-5-7-15/h3-7H,8-12H2,1-2H3. The minimum Gasteiger partial charge on any atom is -0.445 e. The van der Waals surface area contributed by atoms with Crippen LogP contribution in [0.3, 0.4) is 0 Å². The maximum Gasteiger partial charge on any atom is 0.227 e. The molecule has 6 heteroatoms. The maximum atomic E-state index is 12.7. The van der Waals surface area contributed by atoms with Gasteiger partial charge in [-0.2, -0.15) is 0 Å². The molecule has 6 nitrogen and oxygen atoms in total. The molecule has 0 radical (unpaired) electrons. The van der Waals surface area contributed by atoms with E-state index >= 15 is 0 Å². The Morgan fingerprint density at radius 1 is 1.23 bits per heavy atom. The van der Waals surface area contributed by atoms with Gasteiger partial charge in [0.2, 0.25) is 5.91 Å². The zero-order valence-electron chi connectivity index (χ0n) is 15.0. The zero-order chi connectivity index (χ0) is 18.1. The van der Waals surface area contributed by atoms with Gasteiger partial charge in [-0.15, -0.1) is 0 Å². The molecule has 0 aliphatic carbocycles. The number of nitrogens with zero attached hydrogens (tertiary/aromatic N) is 3. The van der Waals surface area contributed by atoms with Crippen molar-refractivity contribution in [2.24, 2.45) is 0 Å². The molecule has 134 valence electrons. The quantitative estimate of drug-likeness (QED) is 0.722. The van der Waals surface area contributed by atoms with Crippen molar-refractivity contribution in [2.75, 3.05) is 6.54 Å². The van der Waals surface area contributed by atoms with Crippen LogP contribution in [0, 0.1) is 13.8 Å². The molecular weight excluding hydrogens is 330 g/mol. The van der Waals surface area contributed by atoms with Crippen LogP contribution in [0.4, 0.5) is 0 Å². The highest BCUT2D eigenvalue weighted by molar-refractivity contribution is 5.79. The van der Waals surface area contributed by atoms with Gasteiger partial charge in [0.15, 0.2) is 5.89 Å². The van der Waals surface area contributed by atoms with Crippen molar-refractivity contribution in [1.82, 2.24) is 15.0 Å². The molecule has 0 saturated carbocycles. The number of hydrogen-bond acceptors (Lipinski definition) is 5. The van der Waals surface area contributed by atoms with E-state index in [-0.39, 0.29) is 5.91 Å². The number of oxazole rings is 1. The van der Waals surface area contributed by atoms with E-state index < -0.39 is 0 Å². The van der Waals surface area contributed by atoms with Gasteiger partial charge in [0, 0.05) is 24.9 Å². The fourth-order valence-corrected chi connectivity index (χ4v) is 3.33. The minimum absolute atomic E-state index is 0.0673. The highest BCUT2D eigenvalue weighted by atomic mass is 16.5. The Labute approximate surface area is 151 Å². The molecule has 3 aromatic rings. The lowest BCUT2D eigenvalue weighted by molar-refractivity contribution is -0.131. The molecule has 0 N–H and O–H groups in total. The first-order valence-corrected chi connectivity index (χ1v) is 8.81. The van der Waals surface area contributed by atoms with Crippen LogP contribution in [0.5, 0.6) is 0 Å². The number of benzene rings is 1. The Morgan fingerprint density at radius 3 is 2.77 bits per heavy atom. The summed E-state index contributed by atoms with van der Waals surface area (Å²) in [6, 6.07) is 10.1. The number of rotatable bonds is 4. The lowest BCUT2D eigenvalue weighted by Crippen LogP contribution is -2.36. The Balaban J connectivity index is 1.45. The topological polar surface area (TPSA) is 72.4 Å². The van der Waals surface area contributed by atoms with E-state index in [9.17, 15) is 4.79 Å². The number of amides is 1. The van der Waals surface area contributed by atoms with Crippen LogP contribution >= 0.6 is 0 Å². The average Bonchev–Trinajstić information content (AvgIpc) is 3.19. The van der Waals surface area contributed by atoms with Crippen LogP contribution in [0.15, 0.2) is 39.3 Å². The molecule has 1 aromatic carbocycles. The summed E-state index contributed by atoms with van der Waals surface area (Å²) in [6.07, 6.45) is 1.68. The second-order valence-electron chi connectivity index (χ2n) is 6.68. The predicted octanol–water partition coefficient (Wildman–Crippen LogP) is 3.00. The third kappa shape index (κ3) is 3.27. The van der Waals surface area contributed by atoms with Gasteiger partial charge in [-0.3, -0.25) is 4.79 Å². The number of carbonyl (C=O) groups excluding carboxylic acids is 1. The molecule has 0 spiro atoms. The predicted molar refractivity (Wildman–Crippen MR) is 94.6 cm³/mol. The van der Waals surface area contributed by atoms with Crippen molar-refractivity contribution in [3.63, 3.8) is 0 Å². The minimum atomic E-state index is 0.0673. The van der Waals surface area contributed by atoms with Gasteiger partial charge in [-0.1, -0.05) is 35.5 Å². The molecular formula is C20H21N3O3. The van der Waals surface area contributed by atoms with Crippen LogP contribution < -0.4 is 0 Å². The molecule has 4 rings (SSSR count). The first kappa shape index (κ1) is 16.6. The summed E-state index contributed by atoms with van der Waals surface area (Å²) in [5.41, 5.74) is 3.69. The monoisotopic (exact) mass is 351 g/mol. The Hall–Kier alpha value is -2.89. The molecule has 0 unspecified atom stereocenters. The second-order valence-corrected chi connectivity index (χ2v) is 6.68. The molecule has 1 aliphatic rings. The van der Waals surface area contributed by atoms with Crippen molar-refractivity contribution < 1.29 is 13.7 Å². The van der Waals surface area contributed by atoms with Crippen molar-refractivity contribution in [3.8, 4) is 0 Å². The van der Waals surface area contributed by atoms with Gasteiger partial charge < -0.3 is 13.8 Å². The highest BCUT2D eigenvalue weighted by Gasteiger charge is 2.26. The third-order valence-electron chi connectivity index (χ3n) is 4.83. The Bertz CT molecular complexity index is 908. The van der Waals surface area contributed by atoms with Crippen molar-refractivity contribution >= 4 is 5.91 Å². The molecule has 26 heavy (non-hydrogen) atoms. The van der Waals surface area contributed by atoms with Crippen molar-refractivity contribution in [2.45, 2.75) is 39.7 Å². The number of fused-ring (bicyclic) bond motifs is 1. The van der Waals surface area contributed by atoms with Gasteiger partial charge >= 0.3 is 0 Å². The largest absolute Gasteiger partial charge is 0.445 e. The summed E-state index contributed by atoms with van der Waals surface area (Å²) in [7, 11) is 0. The number of aryl methyl sites for hydroxylation is 2. The molecule has 0 fully saturated rings. The van der Waals surface area contributed by atoms with E-state index in [1.807, 2.05) is 36.9 Å². The molecule has 1 aliphatic heterocycles. The summed E-state index contributed by atoms with van der Waals surface area (Å²) < 4.78 is 11.1. The second kappa shape index (κ2) is 6.78. The van der Waals surface area contributed by atoms with Gasteiger partial charge in [0.1, 0.15) is 17.2 Å². The van der Waals surface area contributed by atoms with E-state index in [0.29, 0.717) is 44.0 Å². The highest BCUT2D eigenvalue weighted by Crippen LogP contribution is 2.23. The van der Waals surface area contributed by atoms with Crippen LogP contribution in [-0.4, -0.2) is 27.5 Å². The molecule has 0 saturated heterocycles. The SMILES string of the molecule is Cc1noc(C)c1CC(=O)N1CCc2oc(Cc3ccccc3)nc2C1. The summed E-state index contributed by atoms with van der Waals surface area (Å²) >= 11 is 0. The first-order valence-electron chi connectivity index (χ1n) is 8.81. The first-order chi connectivity index (χ1) is 12.6. The third-order valence-corrected chi connectivity index (χ3v) is 4.83. The number of carbonyl (C=O) groups is 1. The average molecular weight is 351 g/mol. The van der Waals surface area contributed by atoms with Gasteiger partial charge in [0.05, 0.1) is 18.7 Å². The van der Waals surface area contributed by atoms with Gasteiger partial charge in [-0.25, -0.2) is 4.98 Å². The summed E-state index contributed by atoms with van der Waals surface area (Å²) in [5.74, 6) is 2.39. The van der Waals surface area contributed by atoms with Crippen LogP contribution in [0.25, 0.3) is 0 Å². The molecule has 1 amide bonds. The smallest absolute Gasteiger partial charge is 0.227 e. The fraction of sp³-hybridized carbons (Fsp3) is 0.350. The van der Waals surface area contributed by atoms with Crippen LogP contribution in [-0.2, 0) is 30.6 Å². The summed E-state index contributed by atoms with van der Waals surface area (Å²) in [4.78, 5) is 19.1. The summed E-state index contributed by atoms with van der Waals surface area (Å²) in [6.45, 7) is 4.84. The Kier molecular flexibility index (Phi) is 4.32. The molecule has 0 bridgehead atoms. The normalized spacial score (nSPS) is 13.7. The van der Waals surface area contributed by atoms with Gasteiger partial charge in [0.25, 0.3) is 0 Å². The van der Waals surface area contributed by atoms with E-state index in [1.165, 1.54) is 0 Å². The van der Waals surface area contributed by atoms with E-state index in [4.69, 9.17) is 8.94 Å². The number of hydrogen-bond donors (Lipinski definition) is 0. The maximum absolute atomic E-state index is 12.7. The lowest BCUT2D eigenvalue weighted by Gasteiger charge is -2.25. The zero-order valence-corrected chi connectivity index (χ0v) is 15.0. The molecule has 3 heterocycles. The van der Waals surface area contributed by atoms with Crippen molar-refractivity contribution in [3.05, 3.63) is 70.3 Å². The van der Waals surface area contributed by atoms with Crippen molar-refractivity contribution in [1.29, 1.82) is 0 Å². The molecule has 0 atom stereocenters. The fourth-order valence-electron chi connectivity index (χ4n) is 3.33. The van der Waals surface area contributed by atoms with E-state index in [0.717, 1.165) is 28.3 Å². The van der Waals surface area contributed by atoms with Crippen LogP contribution in [0.2, 0.25) is 0 Å². The van der Waals surface area contributed by atoms with E-state index in [1.54, 1.807) is 0 Å². The number of aromatic nitrogens is 2.